The van der Waals surface area contributed by atoms with Crippen molar-refractivity contribution in [2.75, 3.05) is 13.6 Å². The van der Waals surface area contributed by atoms with Crippen LogP contribution in [0.25, 0.3) is 0 Å². The first-order chi connectivity index (χ1) is 8.52. The molecule has 0 aliphatic heterocycles. The van der Waals surface area contributed by atoms with Crippen molar-refractivity contribution >= 4 is 0 Å². The minimum atomic E-state index is 0.591. The minimum Gasteiger partial charge on any atom is -0.313 e. The summed E-state index contributed by atoms with van der Waals surface area (Å²) < 4.78 is 0. The SMILES string of the molecule is CC(C)NCC(C(C)C)N(C)C1CCCCCC1. The molecule has 0 aromatic heterocycles. The predicted octanol–water partition coefficient (Wildman–Crippen LogP) is 3.66. The molecule has 0 spiro atoms. The molecule has 1 rings (SSSR count). The number of nitrogens with zero attached hydrogens (tertiary/aromatic N) is 1. The lowest BCUT2D eigenvalue weighted by Crippen LogP contribution is -2.49. The number of likely N-dealkylation sites (N-methyl/N-ethyl adjacent to an activating group) is 1. The van der Waals surface area contributed by atoms with Crippen LogP contribution in [0.1, 0.15) is 66.2 Å². The largest absolute Gasteiger partial charge is 0.313 e. The summed E-state index contributed by atoms with van der Waals surface area (Å²) in [7, 11) is 2.35. The molecule has 1 unspecified atom stereocenters. The average Bonchev–Trinajstić information content (AvgIpc) is 2.56. The van der Waals surface area contributed by atoms with Crippen LogP contribution in [0.5, 0.6) is 0 Å². The van der Waals surface area contributed by atoms with Gasteiger partial charge < -0.3 is 5.32 Å². The normalized spacial score (nSPS) is 20.7. The standard InChI is InChI=1S/C16H34N2/c1-13(2)16(12-17-14(3)4)18(5)15-10-8-6-7-9-11-15/h13-17H,6-12H2,1-5H3. The summed E-state index contributed by atoms with van der Waals surface area (Å²) in [6.07, 6.45) is 8.56. The van der Waals surface area contributed by atoms with Crippen LogP contribution in [0.4, 0.5) is 0 Å². The Labute approximate surface area is 115 Å². The summed E-state index contributed by atoms with van der Waals surface area (Å²) in [5.74, 6) is 0.726. The fraction of sp³-hybridized carbons (Fsp3) is 1.00. The molecule has 1 aliphatic carbocycles. The van der Waals surface area contributed by atoms with E-state index in [1.54, 1.807) is 0 Å². The third-order valence-corrected chi connectivity index (χ3v) is 4.43. The van der Waals surface area contributed by atoms with E-state index in [1.807, 2.05) is 0 Å². The van der Waals surface area contributed by atoms with E-state index in [-0.39, 0.29) is 0 Å². The lowest BCUT2D eigenvalue weighted by molar-refractivity contribution is 0.120. The van der Waals surface area contributed by atoms with Gasteiger partial charge in [0.25, 0.3) is 0 Å². The Morgan fingerprint density at radius 3 is 2.00 bits per heavy atom. The molecule has 1 N–H and O–H groups in total. The molecular formula is C16H34N2. The average molecular weight is 254 g/mol. The molecule has 2 heteroatoms. The third kappa shape index (κ3) is 5.27. The summed E-state index contributed by atoms with van der Waals surface area (Å²) >= 11 is 0. The summed E-state index contributed by atoms with van der Waals surface area (Å²) in [6.45, 7) is 10.3. The van der Waals surface area contributed by atoms with Gasteiger partial charge in [0, 0.05) is 24.7 Å². The Morgan fingerprint density at radius 1 is 1.00 bits per heavy atom. The maximum absolute atomic E-state index is 3.62. The molecule has 1 fully saturated rings. The van der Waals surface area contributed by atoms with Gasteiger partial charge in [-0.2, -0.15) is 0 Å². The van der Waals surface area contributed by atoms with E-state index in [1.165, 1.54) is 38.5 Å². The van der Waals surface area contributed by atoms with Crippen molar-refractivity contribution in [3.8, 4) is 0 Å². The highest BCUT2D eigenvalue weighted by Gasteiger charge is 2.25. The molecule has 0 radical (unpaired) electrons. The molecule has 1 aliphatic rings. The Bertz CT molecular complexity index is 205. The number of hydrogen-bond donors (Lipinski definition) is 1. The van der Waals surface area contributed by atoms with Crippen LogP contribution in [0, 0.1) is 5.92 Å². The summed E-state index contributed by atoms with van der Waals surface area (Å²) in [5, 5.41) is 3.62. The van der Waals surface area contributed by atoms with Crippen molar-refractivity contribution in [1.82, 2.24) is 10.2 Å². The van der Waals surface area contributed by atoms with Crippen LogP contribution >= 0.6 is 0 Å². The molecule has 0 heterocycles. The highest BCUT2D eigenvalue weighted by atomic mass is 15.2. The Hall–Kier alpha value is -0.0800. The molecule has 0 aromatic rings. The lowest BCUT2D eigenvalue weighted by Gasteiger charge is -2.37. The Kier molecular flexibility index (Phi) is 7.25. The van der Waals surface area contributed by atoms with Crippen molar-refractivity contribution in [3.05, 3.63) is 0 Å². The molecule has 1 atom stereocenters. The van der Waals surface area contributed by atoms with Gasteiger partial charge in [-0.1, -0.05) is 53.4 Å². The zero-order chi connectivity index (χ0) is 13.5. The first-order valence-corrected chi connectivity index (χ1v) is 7.97. The van der Waals surface area contributed by atoms with Crippen molar-refractivity contribution in [3.63, 3.8) is 0 Å². The van der Waals surface area contributed by atoms with E-state index in [0.717, 1.165) is 18.5 Å². The van der Waals surface area contributed by atoms with E-state index >= 15 is 0 Å². The topological polar surface area (TPSA) is 15.3 Å². The maximum Gasteiger partial charge on any atom is 0.0243 e. The smallest absolute Gasteiger partial charge is 0.0243 e. The van der Waals surface area contributed by atoms with Crippen molar-refractivity contribution in [2.24, 2.45) is 5.92 Å². The molecular weight excluding hydrogens is 220 g/mol. The molecule has 108 valence electrons. The van der Waals surface area contributed by atoms with E-state index in [4.69, 9.17) is 0 Å². The Morgan fingerprint density at radius 2 is 1.56 bits per heavy atom. The van der Waals surface area contributed by atoms with Gasteiger partial charge in [0.05, 0.1) is 0 Å². The molecule has 2 nitrogen and oxygen atoms in total. The van der Waals surface area contributed by atoms with Crippen molar-refractivity contribution in [2.45, 2.75) is 84.3 Å². The van der Waals surface area contributed by atoms with Gasteiger partial charge in [-0.15, -0.1) is 0 Å². The van der Waals surface area contributed by atoms with Gasteiger partial charge in [0.15, 0.2) is 0 Å². The summed E-state index contributed by atoms with van der Waals surface area (Å²) in [6, 6.07) is 2.08. The van der Waals surface area contributed by atoms with Crippen molar-refractivity contribution in [1.29, 1.82) is 0 Å². The third-order valence-electron chi connectivity index (χ3n) is 4.43. The number of hydrogen-bond acceptors (Lipinski definition) is 2. The first kappa shape index (κ1) is 16.0. The van der Waals surface area contributed by atoms with Crippen molar-refractivity contribution < 1.29 is 0 Å². The highest BCUT2D eigenvalue weighted by molar-refractivity contribution is 4.82. The van der Waals surface area contributed by atoms with Gasteiger partial charge >= 0.3 is 0 Å². The van der Waals surface area contributed by atoms with Crippen LogP contribution in [0.3, 0.4) is 0 Å². The van der Waals surface area contributed by atoms with Gasteiger partial charge in [-0.3, -0.25) is 4.90 Å². The minimum absolute atomic E-state index is 0.591. The molecule has 0 amide bonds. The van der Waals surface area contributed by atoms with Crippen LogP contribution in [0.15, 0.2) is 0 Å². The predicted molar refractivity (Wildman–Crippen MR) is 81.0 cm³/mol. The monoisotopic (exact) mass is 254 g/mol. The summed E-state index contributed by atoms with van der Waals surface area (Å²) in [5.41, 5.74) is 0. The quantitative estimate of drug-likeness (QED) is 0.728. The van der Waals surface area contributed by atoms with Gasteiger partial charge in [-0.05, 0) is 25.8 Å². The lowest BCUT2D eigenvalue weighted by atomic mass is 9.98. The van der Waals surface area contributed by atoms with Crippen LogP contribution < -0.4 is 5.32 Å². The zero-order valence-corrected chi connectivity index (χ0v) is 13.2. The molecule has 0 saturated heterocycles. The fourth-order valence-corrected chi connectivity index (χ4v) is 3.14. The molecule has 1 saturated carbocycles. The van der Waals surface area contributed by atoms with Crippen LogP contribution in [-0.2, 0) is 0 Å². The molecule has 0 bridgehead atoms. The van der Waals surface area contributed by atoms with Gasteiger partial charge in [0.2, 0.25) is 0 Å². The molecule has 18 heavy (non-hydrogen) atoms. The molecule has 0 aromatic carbocycles. The second-order valence-corrected chi connectivity index (χ2v) is 6.69. The second-order valence-electron chi connectivity index (χ2n) is 6.69. The highest BCUT2D eigenvalue weighted by Crippen LogP contribution is 2.24. The van der Waals surface area contributed by atoms with E-state index in [2.05, 4.69) is 45.0 Å². The fourth-order valence-electron chi connectivity index (χ4n) is 3.14. The van der Waals surface area contributed by atoms with Crippen LogP contribution in [-0.4, -0.2) is 36.6 Å². The summed E-state index contributed by atoms with van der Waals surface area (Å²) in [4.78, 5) is 2.67. The maximum atomic E-state index is 3.62. The van der Waals surface area contributed by atoms with Crippen LogP contribution in [0.2, 0.25) is 0 Å². The van der Waals surface area contributed by atoms with E-state index in [0.29, 0.717) is 12.1 Å². The number of nitrogens with one attached hydrogen (secondary N) is 1. The van der Waals surface area contributed by atoms with Gasteiger partial charge in [-0.25, -0.2) is 0 Å². The first-order valence-electron chi connectivity index (χ1n) is 7.97. The number of rotatable bonds is 6. The second kappa shape index (κ2) is 8.16. The van der Waals surface area contributed by atoms with Gasteiger partial charge in [0.1, 0.15) is 0 Å². The Balaban J connectivity index is 2.53. The zero-order valence-electron chi connectivity index (χ0n) is 13.2. The van der Waals surface area contributed by atoms with E-state index in [9.17, 15) is 0 Å². The van der Waals surface area contributed by atoms with E-state index < -0.39 is 0 Å².